The first-order chi connectivity index (χ1) is 6.76. The number of nitrogens with zero attached hydrogens (tertiary/aromatic N) is 2. The Hall–Kier alpha value is -1.16. The second kappa shape index (κ2) is 3.53. The number of imidazole rings is 1. The summed E-state index contributed by atoms with van der Waals surface area (Å²) in [5, 5.41) is 0. The van der Waals surface area contributed by atoms with E-state index < -0.39 is 0 Å². The summed E-state index contributed by atoms with van der Waals surface area (Å²) in [6, 6.07) is 3.61. The van der Waals surface area contributed by atoms with Crippen molar-refractivity contribution in [3.05, 3.63) is 34.3 Å². The number of aldehydes is 1. The monoisotopic (exact) mass is 252 g/mol. The second-order valence-electron chi connectivity index (χ2n) is 3.01. The zero-order valence-electron chi connectivity index (χ0n) is 7.70. The van der Waals surface area contributed by atoms with E-state index in [1.165, 1.54) is 0 Å². The zero-order valence-corrected chi connectivity index (χ0v) is 9.28. The van der Waals surface area contributed by atoms with Crippen LogP contribution < -0.4 is 0 Å². The van der Waals surface area contributed by atoms with E-state index in [-0.39, 0.29) is 0 Å². The molecule has 0 atom stereocenters. The summed E-state index contributed by atoms with van der Waals surface area (Å²) in [5.74, 6) is 0.990. The van der Waals surface area contributed by atoms with Crippen LogP contribution in [0.4, 0.5) is 0 Å². The Morgan fingerprint density at radius 1 is 1.64 bits per heavy atom. The fraction of sp³-hybridized carbons (Fsp3) is 0.200. The standard InChI is InChI=1S/C10H9BrN2O/c1-2-9-12-10(11)8-5-7(6-14)3-4-13(8)9/h3-6H,2H2,1H3. The van der Waals surface area contributed by atoms with Crippen molar-refractivity contribution >= 4 is 27.7 Å². The number of rotatable bonds is 2. The van der Waals surface area contributed by atoms with E-state index in [4.69, 9.17) is 0 Å². The zero-order chi connectivity index (χ0) is 10.1. The van der Waals surface area contributed by atoms with Gasteiger partial charge in [0.2, 0.25) is 0 Å². The van der Waals surface area contributed by atoms with Gasteiger partial charge in [0.1, 0.15) is 16.7 Å². The molecule has 0 aliphatic heterocycles. The molecule has 0 fully saturated rings. The van der Waals surface area contributed by atoms with Crippen molar-refractivity contribution in [1.29, 1.82) is 0 Å². The molecule has 0 bridgehead atoms. The average molecular weight is 253 g/mol. The molecule has 0 unspecified atom stereocenters. The van der Waals surface area contributed by atoms with Crippen molar-refractivity contribution in [2.45, 2.75) is 13.3 Å². The molecule has 0 aliphatic rings. The van der Waals surface area contributed by atoms with Crippen LogP contribution in [0.2, 0.25) is 0 Å². The highest BCUT2D eigenvalue weighted by Crippen LogP contribution is 2.19. The summed E-state index contributed by atoms with van der Waals surface area (Å²) in [6.07, 6.45) is 3.58. The predicted molar refractivity (Wildman–Crippen MR) is 57.7 cm³/mol. The highest BCUT2D eigenvalue weighted by atomic mass is 79.9. The fourth-order valence-electron chi connectivity index (χ4n) is 1.45. The molecule has 14 heavy (non-hydrogen) atoms. The topological polar surface area (TPSA) is 34.4 Å². The molecule has 2 rings (SSSR count). The van der Waals surface area contributed by atoms with E-state index in [2.05, 4.69) is 27.8 Å². The molecule has 3 nitrogen and oxygen atoms in total. The van der Waals surface area contributed by atoms with Crippen LogP contribution >= 0.6 is 15.9 Å². The molecule has 2 aromatic heterocycles. The van der Waals surface area contributed by atoms with Crippen molar-refractivity contribution < 1.29 is 4.79 Å². The maximum absolute atomic E-state index is 10.6. The van der Waals surface area contributed by atoms with Gasteiger partial charge in [-0.2, -0.15) is 0 Å². The minimum atomic E-state index is 0.667. The SMILES string of the molecule is CCc1nc(Br)c2cc(C=O)ccn12. The molecular formula is C10H9BrN2O. The van der Waals surface area contributed by atoms with Gasteiger partial charge in [-0.15, -0.1) is 0 Å². The number of fused-ring (bicyclic) bond motifs is 1. The molecular weight excluding hydrogens is 244 g/mol. The summed E-state index contributed by atoms with van der Waals surface area (Å²) >= 11 is 3.37. The molecule has 0 saturated heterocycles. The Kier molecular flexibility index (Phi) is 2.37. The quantitative estimate of drug-likeness (QED) is 0.770. The number of hydrogen-bond acceptors (Lipinski definition) is 2. The van der Waals surface area contributed by atoms with Gasteiger partial charge in [-0.05, 0) is 28.1 Å². The van der Waals surface area contributed by atoms with Gasteiger partial charge in [-0.3, -0.25) is 4.79 Å². The van der Waals surface area contributed by atoms with Crippen LogP contribution in [0.1, 0.15) is 23.1 Å². The van der Waals surface area contributed by atoms with Crippen molar-refractivity contribution in [2.24, 2.45) is 0 Å². The predicted octanol–water partition coefficient (Wildman–Crippen LogP) is 2.47. The highest BCUT2D eigenvalue weighted by molar-refractivity contribution is 9.10. The molecule has 0 saturated carbocycles. The number of halogens is 1. The van der Waals surface area contributed by atoms with Crippen LogP contribution in [-0.2, 0) is 6.42 Å². The van der Waals surface area contributed by atoms with Crippen LogP contribution in [0.15, 0.2) is 22.9 Å². The lowest BCUT2D eigenvalue weighted by Crippen LogP contribution is -1.92. The number of hydrogen-bond donors (Lipinski definition) is 0. The lowest BCUT2D eigenvalue weighted by atomic mass is 10.3. The van der Waals surface area contributed by atoms with E-state index in [9.17, 15) is 4.79 Å². The molecule has 0 aliphatic carbocycles. The van der Waals surface area contributed by atoms with Crippen LogP contribution in [0.3, 0.4) is 0 Å². The number of aromatic nitrogens is 2. The largest absolute Gasteiger partial charge is 0.302 e. The van der Waals surface area contributed by atoms with Gasteiger partial charge in [0, 0.05) is 18.2 Å². The molecule has 72 valence electrons. The Morgan fingerprint density at radius 3 is 3.07 bits per heavy atom. The van der Waals surface area contributed by atoms with Crippen molar-refractivity contribution in [3.63, 3.8) is 0 Å². The normalized spacial score (nSPS) is 10.7. The maximum Gasteiger partial charge on any atom is 0.150 e. The lowest BCUT2D eigenvalue weighted by molar-refractivity contribution is 0.112. The molecule has 0 radical (unpaired) electrons. The minimum Gasteiger partial charge on any atom is -0.302 e. The van der Waals surface area contributed by atoms with Crippen molar-refractivity contribution in [1.82, 2.24) is 9.38 Å². The Labute approximate surface area is 89.9 Å². The molecule has 2 aromatic rings. The third-order valence-electron chi connectivity index (χ3n) is 2.15. The van der Waals surface area contributed by atoms with Crippen LogP contribution in [0.25, 0.3) is 5.52 Å². The molecule has 4 heteroatoms. The third kappa shape index (κ3) is 1.35. The summed E-state index contributed by atoms with van der Waals surface area (Å²) in [7, 11) is 0. The first-order valence-corrected chi connectivity index (χ1v) is 5.17. The summed E-state index contributed by atoms with van der Waals surface area (Å²) < 4.78 is 2.77. The third-order valence-corrected chi connectivity index (χ3v) is 2.73. The van der Waals surface area contributed by atoms with Crippen molar-refractivity contribution in [2.75, 3.05) is 0 Å². The summed E-state index contributed by atoms with van der Waals surface area (Å²) in [4.78, 5) is 14.9. The summed E-state index contributed by atoms with van der Waals surface area (Å²) in [6.45, 7) is 2.05. The van der Waals surface area contributed by atoms with E-state index in [1.54, 1.807) is 6.07 Å². The number of aryl methyl sites for hydroxylation is 1. The molecule has 0 N–H and O–H groups in total. The number of carbonyl (C=O) groups is 1. The molecule has 2 heterocycles. The smallest absolute Gasteiger partial charge is 0.150 e. The number of pyridine rings is 1. The minimum absolute atomic E-state index is 0.667. The number of carbonyl (C=O) groups excluding carboxylic acids is 1. The van der Waals surface area contributed by atoms with Crippen LogP contribution in [0.5, 0.6) is 0 Å². The fourth-order valence-corrected chi connectivity index (χ4v) is 1.96. The van der Waals surface area contributed by atoms with E-state index in [1.807, 2.05) is 16.7 Å². The van der Waals surface area contributed by atoms with Gasteiger partial charge in [0.25, 0.3) is 0 Å². The Bertz CT molecular complexity index is 490. The Morgan fingerprint density at radius 2 is 2.43 bits per heavy atom. The lowest BCUT2D eigenvalue weighted by Gasteiger charge is -1.97. The van der Waals surface area contributed by atoms with E-state index >= 15 is 0 Å². The van der Waals surface area contributed by atoms with Gasteiger partial charge in [-0.1, -0.05) is 6.92 Å². The molecule has 0 spiro atoms. The second-order valence-corrected chi connectivity index (χ2v) is 3.76. The average Bonchev–Trinajstić information content (AvgIpc) is 2.55. The van der Waals surface area contributed by atoms with Crippen molar-refractivity contribution in [3.8, 4) is 0 Å². The van der Waals surface area contributed by atoms with E-state index in [0.717, 1.165) is 28.7 Å². The highest BCUT2D eigenvalue weighted by Gasteiger charge is 2.07. The van der Waals surface area contributed by atoms with Crippen LogP contribution in [0, 0.1) is 0 Å². The van der Waals surface area contributed by atoms with Gasteiger partial charge < -0.3 is 4.40 Å². The first kappa shape index (κ1) is 9.40. The van der Waals surface area contributed by atoms with E-state index in [0.29, 0.717) is 5.56 Å². The first-order valence-electron chi connectivity index (χ1n) is 4.38. The van der Waals surface area contributed by atoms with Gasteiger partial charge >= 0.3 is 0 Å². The molecule has 0 aromatic carbocycles. The van der Waals surface area contributed by atoms with Gasteiger partial charge in [0.15, 0.2) is 0 Å². The van der Waals surface area contributed by atoms with Gasteiger partial charge in [-0.25, -0.2) is 4.98 Å². The Balaban J connectivity index is 2.76. The van der Waals surface area contributed by atoms with Gasteiger partial charge in [0.05, 0.1) is 5.52 Å². The van der Waals surface area contributed by atoms with Crippen LogP contribution in [-0.4, -0.2) is 15.7 Å². The molecule has 0 amide bonds. The summed E-state index contributed by atoms with van der Waals surface area (Å²) in [5.41, 5.74) is 1.60. The maximum atomic E-state index is 10.6.